The second-order valence-electron chi connectivity index (χ2n) is 9.60. The first-order valence-electron chi connectivity index (χ1n) is 12.1. The number of aryl methyl sites for hydroxylation is 2. The lowest BCUT2D eigenvalue weighted by molar-refractivity contribution is -0.139. The first-order valence-corrected chi connectivity index (χ1v) is 12.5. The standard InChI is InChI=1S/C26H32ClN5O/c1-17-16-23(30-14-11-21(12-15-30)26(33)31-13-5-4-6-18(31)2)32-25(28-17)24(19(3)29-32)20-7-9-22(27)10-8-20/h7-10,16,18,21H,4-6,11-15H2,1-3H3/t18-/m0/s1. The van der Waals surface area contributed by atoms with E-state index >= 15 is 0 Å². The van der Waals surface area contributed by atoms with E-state index in [1.807, 2.05) is 42.6 Å². The lowest BCUT2D eigenvalue weighted by Gasteiger charge is -2.39. The Balaban J connectivity index is 1.40. The Kier molecular flexibility index (Phi) is 6.04. The van der Waals surface area contributed by atoms with Crippen LogP contribution in [0.4, 0.5) is 5.82 Å². The molecule has 33 heavy (non-hydrogen) atoms. The van der Waals surface area contributed by atoms with E-state index in [9.17, 15) is 4.79 Å². The molecule has 1 amide bonds. The molecule has 0 unspecified atom stereocenters. The molecular formula is C26H32ClN5O. The highest BCUT2D eigenvalue weighted by atomic mass is 35.5. The minimum atomic E-state index is 0.129. The summed E-state index contributed by atoms with van der Waals surface area (Å²) in [5.74, 6) is 1.54. The Morgan fingerprint density at radius 1 is 1.03 bits per heavy atom. The van der Waals surface area contributed by atoms with Gasteiger partial charge in [0.1, 0.15) is 5.82 Å². The van der Waals surface area contributed by atoms with Gasteiger partial charge in [-0.05, 0) is 70.6 Å². The van der Waals surface area contributed by atoms with Gasteiger partial charge in [-0.2, -0.15) is 9.61 Å². The molecule has 2 aromatic heterocycles. The summed E-state index contributed by atoms with van der Waals surface area (Å²) in [4.78, 5) is 22.5. The second-order valence-corrected chi connectivity index (χ2v) is 10.0. The first kappa shape index (κ1) is 22.2. The number of benzene rings is 1. The van der Waals surface area contributed by atoms with Crippen LogP contribution < -0.4 is 4.90 Å². The molecule has 7 heteroatoms. The van der Waals surface area contributed by atoms with Crippen LogP contribution in [0.3, 0.4) is 0 Å². The molecule has 0 bridgehead atoms. The number of aromatic nitrogens is 3. The Labute approximate surface area is 200 Å². The minimum absolute atomic E-state index is 0.129. The van der Waals surface area contributed by atoms with Crippen molar-refractivity contribution in [3.63, 3.8) is 0 Å². The van der Waals surface area contributed by atoms with Crippen molar-refractivity contribution in [2.45, 2.75) is 58.9 Å². The molecule has 5 rings (SSSR count). The fourth-order valence-electron chi connectivity index (χ4n) is 5.42. The van der Waals surface area contributed by atoms with Gasteiger partial charge in [0.05, 0.1) is 5.69 Å². The maximum absolute atomic E-state index is 13.2. The molecule has 1 aromatic carbocycles. The highest BCUT2D eigenvalue weighted by Gasteiger charge is 2.32. The van der Waals surface area contributed by atoms with Gasteiger partial charge < -0.3 is 9.80 Å². The molecule has 0 radical (unpaired) electrons. The minimum Gasteiger partial charge on any atom is -0.356 e. The molecule has 2 aliphatic heterocycles. The molecule has 4 heterocycles. The third-order valence-corrected chi connectivity index (χ3v) is 7.51. The number of amides is 1. The normalized spacial score (nSPS) is 19.9. The zero-order valence-corrected chi connectivity index (χ0v) is 20.5. The van der Waals surface area contributed by atoms with Gasteiger partial charge in [-0.25, -0.2) is 4.98 Å². The number of carbonyl (C=O) groups excluding carboxylic acids is 1. The molecule has 0 aliphatic carbocycles. The largest absolute Gasteiger partial charge is 0.356 e. The molecule has 1 atom stereocenters. The summed E-state index contributed by atoms with van der Waals surface area (Å²) in [6, 6.07) is 10.3. The molecule has 3 aromatic rings. The van der Waals surface area contributed by atoms with Crippen LogP contribution in [0.2, 0.25) is 5.02 Å². The number of likely N-dealkylation sites (tertiary alicyclic amines) is 1. The van der Waals surface area contributed by atoms with Gasteiger partial charge in [-0.3, -0.25) is 4.79 Å². The molecule has 0 spiro atoms. The fourth-order valence-corrected chi connectivity index (χ4v) is 5.55. The average Bonchev–Trinajstić information content (AvgIpc) is 3.14. The van der Waals surface area contributed by atoms with Crippen LogP contribution >= 0.6 is 11.6 Å². The van der Waals surface area contributed by atoms with Crippen molar-refractivity contribution in [3.8, 4) is 11.1 Å². The summed E-state index contributed by atoms with van der Waals surface area (Å²) in [5, 5.41) is 5.59. The van der Waals surface area contributed by atoms with Gasteiger partial charge in [-0.1, -0.05) is 23.7 Å². The van der Waals surface area contributed by atoms with Crippen molar-refractivity contribution in [3.05, 3.63) is 46.7 Å². The quantitative estimate of drug-likeness (QED) is 0.527. The Morgan fingerprint density at radius 3 is 2.45 bits per heavy atom. The topological polar surface area (TPSA) is 53.7 Å². The third kappa shape index (κ3) is 4.21. The molecule has 6 nitrogen and oxygen atoms in total. The maximum atomic E-state index is 13.2. The number of nitrogens with zero attached hydrogens (tertiary/aromatic N) is 5. The van der Waals surface area contributed by atoms with E-state index in [1.165, 1.54) is 6.42 Å². The summed E-state index contributed by atoms with van der Waals surface area (Å²) >= 11 is 6.10. The molecule has 2 aliphatic rings. The summed E-state index contributed by atoms with van der Waals surface area (Å²) in [6.45, 7) is 8.89. The van der Waals surface area contributed by atoms with Crippen LogP contribution in [0.25, 0.3) is 16.8 Å². The molecule has 0 N–H and O–H groups in total. The summed E-state index contributed by atoms with van der Waals surface area (Å²) in [5.41, 5.74) is 4.88. The maximum Gasteiger partial charge on any atom is 0.226 e. The zero-order chi connectivity index (χ0) is 23.1. The number of piperidine rings is 2. The summed E-state index contributed by atoms with van der Waals surface area (Å²) < 4.78 is 1.97. The van der Waals surface area contributed by atoms with Crippen molar-refractivity contribution >= 4 is 29.0 Å². The molecular weight excluding hydrogens is 434 g/mol. The lowest BCUT2D eigenvalue weighted by Crippen LogP contribution is -2.48. The second kappa shape index (κ2) is 8.98. The predicted octanol–water partition coefficient (Wildman–Crippen LogP) is 5.28. The van der Waals surface area contributed by atoms with Crippen LogP contribution in [0.5, 0.6) is 0 Å². The van der Waals surface area contributed by atoms with Crippen molar-refractivity contribution in [1.29, 1.82) is 0 Å². The smallest absolute Gasteiger partial charge is 0.226 e. The van der Waals surface area contributed by atoms with Crippen molar-refractivity contribution < 1.29 is 4.79 Å². The zero-order valence-electron chi connectivity index (χ0n) is 19.7. The number of carbonyl (C=O) groups is 1. The van der Waals surface area contributed by atoms with E-state index in [4.69, 9.17) is 21.7 Å². The average molecular weight is 466 g/mol. The van der Waals surface area contributed by atoms with Crippen LogP contribution in [0.1, 0.15) is 50.4 Å². The third-order valence-electron chi connectivity index (χ3n) is 7.26. The van der Waals surface area contributed by atoms with Crippen LogP contribution in [0.15, 0.2) is 30.3 Å². The Bertz CT molecular complexity index is 1160. The molecule has 2 fully saturated rings. The van der Waals surface area contributed by atoms with E-state index < -0.39 is 0 Å². The summed E-state index contributed by atoms with van der Waals surface area (Å²) in [7, 11) is 0. The van der Waals surface area contributed by atoms with Crippen molar-refractivity contribution in [1.82, 2.24) is 19.5 Å². The fraction of sp³-hybridized carbons (Fsp3) is 0.500. The van der Waals surface area contributed by atoms with Gasteiger partial charge in [0.25, 0.3) is 0 Å². The SMILES string of the molecule is Cc1cc(N2CCC(C(=O)N3CCCC[C@@H]3C)CC2)n2nc(C)c(-c3ccc(Cl)cc3)c2n1. The number of rotatable bonds is 3. The molecule has 0 saturated carbocycles. The van der Waals surface area contributed by atoms with E-state index in [-0.39, 0.29) is 5.92 Å². The number of hydrogen-bond acceptors (Lipinski definition) is 4. The van der Waals surface area contributed by atoms with Gasteiger partial charge in [0.2, 0.25) is 5.91 Å². The number of halogens is 1. The van der Waals surface area contributed by atoms with E-state index in [2.05, 4.69) is 22.8 Å². The van der Waals surface area contributed by atoms with Crippen LogP contribution in [0, 0.1) is 19.8 Å². The number of anilines is 1. The van der Waals surface area contributed by atoms with Crippen molar-refractivity contribution in [2.24, 2.45) is 5.92 Å². The highest BCUT2D eigenvalue weighted by Crippen LogP contribution is 2.33. The van der Waals surface area contributed by atoms with Crippen LogP contribution in [-0.2, 0) is 4.79 Å². The lowest BCUT2D eigenvalue weighted by atomic mass is 9.93. The van der Waals surface area contributed by atoms with Gasteiger partial charge in [0, 0.05) is 53.9 Å². The van der Waals surface area contributed by atoms with Gasteiger partial charge >= 0.3 is 0 Å². The first-order chi connectivity index (χ1) is 15.9. The van der Waals surface area contributed by atoms with Gasteiger partial charge in [0.15, 0.2) is 5.65 Å². The van der Waals surface area contributed by atoms with Crippen molar-refractivity contribution in [2.75, 3.05) is 24.5 Å². The number of fused-ring (bicyclic) bond motifs is 1. The van der Waals surface area contributed by atoms with Crippen LogP contribution in [-0.4, -0.2) is 51.1 Å². The van der Waals surface area contributed by atoms with Gasteiger partial charge in [-0.15, -0.1) is 0 Å². The van der Waals surface area contributed by atoms with E-state index in [1.54, 1.807) is 0 Å². The Hall–Kier alpha value is -2.60. The predicted molar refractivity (Wildman–Crippen MR) is 133 cm³/mol. The molecule has 2 saturated heterocycles. The summed E-state index contributed by atoms with van der Waals surface area (Å²) in [6.07, 6.45) is 5.28. The van der Waals surface area contributed by atoms with E-state index in [0.29, 0.717) is 17.0 Å². The highest BCUT2D eigenvalue weighted by molar-refractivity contribution is 6.30. The Morgan fingerprint density at radius 2 is 1.76 bits per heavy atom. The van der Waals surface area contributed by atoms with E-state index in [0.717, 1.165) is 79.3 Å². The number of hydrogen-bond donors (Lipinski definition) is 0. The monoisotopic (exact) mass is 465 g/mol. The molecule has 174 valence electrons.